The molecule has 0 saturated carbocycles. The first kappa shape index (κ1) is 19.1. The highest BCUT2D eigenvalue weighted by Crippen LogP contribution is 2.24. The van der Waals surface area contributed by atoms with Gasteiger partial charge in [-0.1, -0.05) is 30.3 Å². The Labute approximate surface area is 147 Å². The Balaban J connectivity index is 2.33. The normalized spacial score (nSPS) is 12.0. The third kappa shape index (κ3) is 4.24. The number of amides is 1. The molecular weight excluding hydrogens is 343 g/mol. The van der Waals surface area contributed by atoms with Gasteiger partial charge >= 0.3 is 0 Å². The van der Waals surface area contributed by atoms with Gasteiger partial charge in [-0.15, -0.1) is 4.83 Å². The quantitative estimate of drug-likeness (QED) is 0.819. The molecule has 0 radical (unpaired) electrons. The predicted molar refractivity (Wildman–Crippen MR) is 95.8 cm³/mol. The Morgan fingerprint density at radius 2 is 1.64 bits per heavy atom. The SMILES string of the molecule is Cc1cc(-c2ccccc2)cc(C(=O)NNS(=O)(=O)C(C)(C)C)c1F. The summed E-state index contributed by atoms with van der Waals surface area (Å²) in [5.41, 5.74) is 3.64. The molecule has 5 nitrogen and oxygen atoms in total. The summed E-state index contributed by atoms with van der Waals surface area (Å²) in [6.45, 7) is 6.02. The Hall–Kier alpha value is -2.25. The molecule has 0 fully saturated rings. The molecular formula is C18H21FN2O3S. The predicted octanol–water partition coefficient (Wildman–Crippen LogP) is 3.16. The number of hydrogen-bond acceptors (Lipinski definition) is 3. The third-order valence-electron chi connectivity index (χ3n) is 3.71. The van der Waals surface area contributed by atoms with E-state index in [-0.39, 0.29) is 5.56 Å². The molecule has 0 heterocycles. The zero-order valence-corrected chi connectivity index (χ0v) is 15.4. The Bertz CT molecular complexity index is 889. The molecule has 0 spiro atoms. The minimum absolute atomic E-state index is 0.226. The van der Waals surface area contributed by atoms with Crippen LogP contribution in [0.15, 0.2) is 42.5 Å². The minimum Gasteiger partial charge on any atom is -0.274 e. The fourth-order valence-electron chi connectivity index (χ4n) is 2.07. The Kier molecular flexibility index (Phi) is 5.29. The van der Waals surface area contributed by atoms with E-state index in [1.165, 1.54) is 26.8 Å². The van der Waals surface area contributed by atoms with Crippen LogP contribution in [0.5, 0.6) is 0 Å². The standard InChI is InChI=1S/C18H21FN2O3S/c1-12-10-14(13-8-6-5-7-9-13)11-15(16(12)19)17(22)20-21-25(23,24)18(2,3)4/h5-11,21H,1-4H3,(H,20,22). The van der Waals surface area contributed by atoms with Crippen molar-refractivity contribution in [2.45, 2.75) is 32.4 Å². The van der Waals surface area contributed by atoms with Crippen LogP contribution in [0.3, 0.4) is 0 Å². The van der Waals surface area contributed by atoms with Gasteiger partial charge in [-0.05, 0) is 56.5 Å². The molecule has 0 aliphatic rings. The number of sulfonamides is 1. The van der Waals surface area contributed by atoms with Crippen molar-refractivity contribution in [1.82, 2.24) is 10.3 Å². The maximum atomic E-state index is 14.4. The summed E-state index contributed by atoms with van der Waals surface area (Å²) in [6.07, 6.45) is 0. The van der Waals surface area contributed by atoms with Gasteiger partial charge in [-0.2, -0.15) is 0 Å². The Morgan fingerprint density at radius 1 is 1.04 bits per heavy atom. The van der Waals surface area contributed by atoms with Crippen LogP contribution in [-0.2, 0) is 10.0 Å². The highest BCUT2D eigenvalue weighted by Gasteiger charge is 2.29. The molecule has 0 unspecified atom stereocenters. The van der Waals surface area contributed by atoms with E-state index in [2.05, 4.69) is 5.43 Å². The number of aryl methyl sites for hydroxylation is 1. The average molecular weight is 364 g/mol. The van der Waals surface area contributed by atoms with Crippen LogP contribution < -0.4 is 10.3 Å². The maximum Gasteiger partial charge on any atom is 0.269 e. The third-order valence-corrected chi connectivity index (χ3v) is 5.69. The molecule has 7 heteroatoms. The minimum atomic E-state index is -3.79. The van der Waals surface area contributed by atoms with Crippen LogP contribution in [0.4, 0.5) is 4.39 Å². The molecule has 2 N–H and O–H groups in total. The molecule has 2 aromatic rings. The molecule has 0 aromatic heterocycles. The number of carbonyl (C=O) groups is 1. The largest absolute Gasteiger partial charge is 0.274 e. The summed E-state index contributed by atoms with van der Waals surface area (Å²) in [4.78, 5) is 14.3. The topological polar surface area (TPSA) is 75.3 Å². The van der Waals surface area contributed by atoms with E-state index in [9.17, 15) is 17.6 Å². The van der Waals surface area contributed by atoms with Crippen LogP contribution in [0.2, 0.25) is 0 Å². The highest BCUT2D eigenvalue weighted by atomic mass is 32.2. The molecule has 0 atom stereocenters. The van der Waals surface area contributed by atoms with E-state index in [4.69, 9.17) is 0 Å². The van der Waals surface area contributed by atoms with Crippen LogP contribution in [0.25, 0.3) is 11.1 Å². The van der Waals surface area contributed by atoms with Crippen LogP contribution in [0, 0.1) is 12.7 Å². The molecule has 1 amide bonds. The van der Waals surface area contributed by atoms with Crippen molar-refractivity contribution in [1.29, 1.82) is 0 Å². The lowest BCUT2D eigenvalue weighted by atomic mass is 9.99. The van der Waals surface area contributed by atoms with Gasteiger partial charge in [-0.25, -0.2) is 12.8 Å². The number of hydrazine groups is 1. The maximum absolute atomic E-state index is 14.4. The van der Waals surface area contributed by atoms with Gasteiger partial charge in [0.1, 0.15) is 5.82 Å². The second-order valence-electron chi connectivity index (χ2n) is 6.69. The highest BCUT2D eigenvalue weighted by molar-refractivity contribution is 7.90. The van der Waals surface area contributed by atoms with Gasteiger partial charge in [0.15, 0.2) is 0 Å². The van der Waals surface area contributed by atoms with Gasteiger partial charge in [0, 0.05) is 0 Å². The molecule has 0 bridgehead atoms. The smallest absolute Gasteiger partial charge is 0.269 e. The lowest BCUT2D eigenvalue weighted by molar-refractivity contribution is 0.0940. The number of benzene rings is 2. The summed E-state index contributed by atoms with van der Waals surface area (Å²) < 4.78 is 37.3. The monoisotopic (exact) mass is 364 g/mol. The van der Waals surface area contributed by atoms with Crippen molar-refractivity contribution in [3.63, 3.8) is 0 Å². The number of halogens is 1. The van der Waals surface area contributed by atoms with E-state index in [1.54, 1.807) is 13.0 Å². The molecule has 25 heavy (non-hydrogen) atoms. The van der Waals surface area contributed by atoms with E-state index in [0.717, 1.165) is 5.56 Å². The van der Waals surface area contributed by atoms with Crippen molar-refractivity contribution >= 4 is 15.9 Å². The zero-order valence-electron chi connectivity index (χ0n) is 14.6. The first-order chi connectivity index (χ1) is 11.5. The van der Waals surface area contributed by atoms with Gasteiger partial charge in [0.05, 0.1) is 10.3 Å². The van der Waals surface area contributed by atoms with E-state index >= 15 is 0 Å². The number of rotatable bonds is 4. The lowest BCUT2D eigenvalue weighted by Crippen LogP contribution is -2.48. The second-order valence-corrected chi connectivity index (χ2v) is 9.13. The van der Waals surface area contributed by atoms with Gasteiger partial charge in [0.2, 0.25) is 10.0 Å². The van der Waals surface area contributed by atoms with Crippen LogP contribution in [-0.4, -0.2) is 19.1 Å². The van der Waals surface area contributed by atoms with Gasteiger partial charge < -0.3 is 0 Å². The van der Waals surface area contributed by atoms with Gasteiger partial charge in [0.25, 0.3) is 5.91 Å². The summed E-state index contributed by atoms with van der Waals surface area (Å²) in [5.74, 6) is -1.54. The molecule has 0 saturated heterocycles. The number of nitrogens with one attached hydrogen (secondary N) is 2. The van der Waals surface area contributed by atoms with E-state index in [0.29, 0.717) is 11.1 Å². The number of hydrogen-bond donors (Lipinski definition) is 2. The first-order valence-electron chi connectivity index (χ1n) is 7.70. The van der Waals surface area contributed by atoms with E-state index < -0.39 is 26.5 Å². The summed E-state index contributed by atoms with van der Waals surface area (Å²) in [5, 5.41) is 0. The van der Waals surface area contributed by atoms with Crippen molar-refractivity contribution in [3.8, 4) is 11.1 Å². The van der Waals surface area contributed by atoms with Gasteiger partial charge in [-0.3, -0.25) is 10.2 Å². The van der Waals surface area contributed by atoms with Crippen molar-refractivity contribution in [2.75, 3.05) is 0 Å². The molecule has 2 aromatic carbocycles. The van der Waals surface area contributed by atoms with Crippen LogP contribution in [0.1, 0.15) is 36.7 Å². The summed E-state index contributed by atoms with van der Waals surface area (Å²) in [7, 11) is -3.79. The Morgan fingerprint density at radius 3 is 2.20 bits per heavy atom. The molecule has 0 aliphatic carbocycles. The van der Waals surface area contributed by atoms with Crippen molar-refractivity contribution in [2.24, 2.45) is 0 Å². The van der Waals surface area contributed by atoms with Crippen molar-refractivity contribution < 1.29 is 17.6 Å². The van der Waals surface area contributed by atoms with Crippen molar-refractivity contribution in [3.05, 3.63) is 59.4 Å². The second kappa shape index (κ2) is 6.93. The van der Waals surface area contributed by atoms with E-state index in [1.807, 2.05) is 35.2 Å². The average Bonchev–Trinajstić information content (AvgIpc) is 2.55. The molecule has 2 rings (SSSR count). The fourth-order valence-corrected chi connectivity index (χ4v) is 2.60. The summed E-state index contributed by atoms with van der Waals surface area (Å²) in [6, 6.07) is 12.3. The molecule has 0 aliphatic heterocycles. The lowest BCUT2D eigenvalue weighted by Gasteiger charge is -2.20. The van der Waals surface area contributed by atoms with Crippen LogP contribution >= 0.6 is 0 Å². The molecule has 134 valence electrons. The first-order valence-corrected chi connectivity index (χ1v) is 9.18. The number of carbonyl (C=O) groups excluding carboxylic acids is 1. The zero-order chi connectivity index (χ0) is 18.8. The summed E-state index contributed by atoms with van der Waals surface area (Å²) >= 11 is 0. The fraction of sp³-hybridized carbons (Fsp3) is 0.278.